The zero-order chi connectivity index (χ0) is 15.8. The zero-order valence-corrected chi connectivity index (χ0v) is 13.1. The van der Waals surface area contributed by atoms with E-state index in [2.05, 4.69) is 26.6 Å². The minimum absolute atomic E-state index is 0.300. The van der Waals surface area contributed by atoms with Gasteiger partial charge in [0.15, 0.2) is 0 Å². The third kappa shape index (κ3) is 5.44. The Labute approximate surface area is 131 Å². The molecular formula is C14H16BrN3O3. The highest BCUT2D eigenvalue weighted by molar-refractivity contribution is 9.10. The Morgan fingerprint density at radius 1 is 1.48 bits per heavy atom. The fraction of sp³-hybridized carbons (Fsp3) is 0.357. The monoisotopic (exact) mass is 353 g/mol. The van der Waals surface area contributed by atoms with Gasteiger partial charge in [0.1, 0.15) is 12.1 Å². The third-order valence-electron chi connectivity index (χ3n) is 2.80. The van der Waals surface area contributed by atoms with Gasteiger partial charge in [-0.2, -0.15) is 5.26 Å². The molecule has 1 rings (SSSR count). The lowest BCUT2D eigenvalue weighted by atomic mass is 10.1. The number of urea groups is 1. The van der Waals surface area contributed by atoms with E-state index in [1.165, 1.54) is 0 Å². The van der Waals surface area contributed by atoms with Crippen molar-refractivity contribution in [3.05, 3.63) is 28.2 Å². The molecule has 7 heteroatoms. The Balaban J connectivity index is 2.74. The van der Waals surface area contributed by atoms with Crippen LogP contribution in [-0.2, 0) is 4.79 Å². The second kappa shape index (κ2) is 8.27. The van der Waals surface area contributed by atoms with Crippen molar-refractivity contribution >= 4 is 33.6 Å². The molecule has 112 valence electrons. The van der Waals surface area contributed by atoms with Gasteiger partial charge in [0.2, 0.25) is 0 Å². The summed E-state index contributed by atoms with van der Waals surface area (Å²) < 4.78 is 0.706. The number of anilines is 1. The van der Waals surface area contributed by atoms with Gasteiger partial charge >= 0.3 is 12.0 Å². The van der Waals surface area contributed by atoms with Crippen LogP contribution in [0.3, 0.4) is 0 Å². The second-order valence-corrected chi connectivity index (χ2v) is 5.35. The number of benzene rings is 1. The summed E-state index contributed by atoms with van der Waals surface area (Å²) >= 11 is 3.25. The average molecular weight is 354 g/mol. The maximum atomic E-state index is 11.9. The van der Waals surface area contributed by atoms with Gasteiger partial charge in [0.25, 0.3) is 0 Å². The van der Waals surface area contributed by atoms with Crippen molar-refractivity contribution < 1.29 is 14.7 Å². The highest BCUT2D eigenvalue weighted by Gasteiger charge is 2.19. The van der Waals surface area contributed by atoms with E-state index in [0.29, 0.717) is 28.6 Å². The number of halogens is 1. The Kier molecular flexibility index (Phi) is 6.69. The molecule has 0 saturated heterocycles. The van der Waals surface area contributed by atoms with Crippen LogP contribution in [0.25, 0.3) is 0 Å². The molecule has 0 aliphatic heterocycles. The first-order chi connectivity index (χ1) is 9.97. The molecular weight excluding hydrogens is 338 g/mol. The van der Waals surface area contributed by atoms with Gasteiger partial charge in [-0.3, -0.25) is 0 Å². The number of rotatable bonds is 6. The van der Waals surface area contributed by atoms with Crippen LogP contribution in [0.4, 0.5) is 10.5 Å². The Morgan fingerprint density at radius 3 is 2.76 bits per heavy atom. The number of nitrogens with one attached hydrogen (secondary N) is 2. The smallest absolute Gasteiger partial charge is 0.326 e. The van der Waals surface area contributed by atoms with E-state index in [0.717, 1.165) is 6.42 Å². The van der Waals surface area contributed by atoms with Gasteiger partial charge in [-0.25, -0.2) is 9.59 Å². The molecule has 0 bridgehead atoms. The molecule has 0 radical (unpaired) electrons. The Bertz CT molecular complexity index is 569. The van der Waals surface area contributed by atoms with E-state index in [9.17, 15) is 9.59 Å². The van der Waals surface area contributed by atoms with Crippen LogP contribution in [0.2, 0.25) is 0 Å². The fourth-order valence-electron chi connectivity index (χ4n) is 1.70. The highest BCUT2D eigenvalue weighted by atomic mass is 79.9. The summed E-state index contributed by atoms with van der Waals surface area (Å²) in [5.74, 6) is -1.08. The maximum absolute atomic E-state index is 11.9. The van der Waals surface area contributed by atoms with Crippen LogP contribution in [0, 0.1) is 11.3 Å². The first-order valence-electron chi connectivity index (χ1n) is 6.48. The number of carbonyl (C=O) groups is 2. The first-order valence-corrected chi connectivity index (χ1v) is 7.27. The first kappa shape index (κ1) is 17.0. The number of hydrogen-bond acceptors (Lipinski definition) is 3. The number of carbonyl (C=O) groups excluding carboxylic acids is 1. The van der Waals surface area contributed by atoms with Crippen LogP contribution >= 0.6 is 15.9 Å². The molecule has 1 aromatic carbocycles. The molecule has 0 saturated carbocycles. The molecule has 0 fully saturated rings. The van der Waals surface area contributed by atoms with Crippen LogP contribution < -0.4 is 10.6 Å². The number of nitrogens with zero attached hydrogens (tertiary/aromatic N) is 1. The summed E-state index contributed by atoms with van der Waals surface area (Å²) in [6, 6.07) is 5.20. The number of carboxylic acids is 1. The third-order valence-corrected chi connectivity index (χ3v) is 3.29. The van der Waals surface area contributed by atoms with Crippen LogP contribution in [0.1, 0.15) is 31.7 Å². The predicted molar refractivity (Wildman–Crippen MR) is 82.0 cm³/mol. The number of hydrogen-bond donors (Lipinski definition) is 3. The topological polar surface area (TPSA) is 102 Å². The number of nitriles is 1. The molecule has 2 amide bonds. The Morgan fingerprint density at radius 2 is 2.19 bits per heavy atom. The van der Waals surface area contributed by atoms with E-state index in [1.54, 1.807) is 18.2 Å². The van der Waals surface area contributed by atoms with E-state index >= 15 is 0 Å². The second-order valence-electron chi connectivity index (χ2n) is 4.43. The van der Waals surface area contributed by atoms with Crippen LogP contribution in [0.5, 0.6) is 0 Å². The predicted octanol–water partition coefficient (Wildman–Crippen LogP) is 3.09. The van der Waals surface area contributed by atoms with Gasteiger partial charge in [-0.15, -0.1) is 0 Å². The fourth-order valence-corrected chi connectivity index (χ4v) is 2.06. The van der Waals surface area contributed by atoms with E-state index in [4.69, 9.17) is 10.4 Å². The van der Waals surface area contributed by atoms with Crippen molar-refractivity contribution in [2.75, 3.05) is 5.32 Å². The number of amides is 2. The van der Waals surface area contributed by atoms with Crippen molar-refractivity contribution in [2.24, 2.45) is 0 Å². The van der Waals surface area contributed by atoms with Crippen molar-refractivity contribution in [3.8, 4) is 6.07 Å². The minimum Gasteiger partial charge on any atom is -0.480 e. The highest BCUT2D eigenvalue weighted by Crippen LogP contribution is 2.20. The lowest BCUT2D eigenvalue weighted by Gasteiger charge is -2.15. The molecule has 0 aliphatic rings. The van der Waals surface area contributed by atoms with Gasteiger partial charge in [-0.1, -0.05) is 35.7 Å². The van der Waals surface area contributed by atoms with E-state index in [-0.39, 0.29) is 0 Å². The summed E-state index contributed by atoms with van der Waals surface area (Å²) in [5, 5.41) is 22.9. The van der Waals surface area contributed by atoms with Gasteiger partial charge in [-0.05, 0) is 24.6 Å². The lowest BCUT2D eigenvalue weighted by Crippen LogP contribution is -2.43. The van der Waals surface area contributed by atoms with Crippen molar-refractivity contribution in [1.82, 2.24) is 5.32 Å². The maximum Gasteiger partial charge on any atom is 0.326 e. The van der Waals surface area contributed by atoms with Gasteiger partial charge in [0.05, 0.1) is 11.3 Å². The molecule has 21 heavy (non-hydrogen) atoms. The summed E-state index contributed by atoms with van der Waals surface area (Å²) in [6.45, 7) is 1.94. The largest absolute Gasteiger partial charge is 0.480 e. The molecule has 3 N–H and O–H groups in total. The van der Waals surface area contributed by atoms with E-state index < -0.39 is 18.0 Å². The number of unbranched alkanes of at least 4 members (excludes halogenated alkanes) is 1. The summed E-state index contributed by atoms with van der Waals surface area (Å²) in [6.07, 6.45) is 1.91. The average Bonchev–Trinajstić information content (AvgIpc) is 2.43. The summed E-state index contributed by atoms with van der Waals surface area (Å²) in [5.41, 5.74) is 0.623. The molecule has 6 nitrogen and oxygen atoms in total. The van der Waals surface area contributed by atoms with Crippen LogP contribution in [0.15, 0.2) is 22.7 Å². The molecule has 0 aliphatic carbocycles. The molecule has 0 aromatic heterocycles. The Hall–Kier alpha value is -2.07. The molecule has 0 heterocycles. The minimum atomic E-state index is -1.08. The van der Waals surface area contributed by atoms with E-state index in [1.807, 2.05) is 13.0 Å². The van der Waals surface area contributed by atoms with Crippen molar-refractivity contribution in [3.63, 3.8) is 0 Å². The SMILES string of the molecule is CCCC[C@H](NC(=O)Nc1cc(Br)ccc1C#N)C(=O)O. The normalized spacial score (nSPS) is 11.3. The van der Waals surface area contributed by atoms with Crippen molar-refractivity contribution in [2.45, 2.75) is 32.2 Å². The summed E-state index contributed by atoms with van der Waals surface area (Å²) in [4.78, 5) is 22.9. The van der Waals surface area contributed by atoms with Gasteiger partial charge < -0.3 is 15.7 Å². The number of carboxylic acid groups (broad SMARTS) is 1. The van der Waals surface area contributed by atoms with Crippen molar-refractivity contribution in [1.29, 1.82) is 5.26 Å². The quantitative estimate of drug-likeness (QED) is 0.730. The molecule has 1 atom stereocenters. The number of aliphatic carboxylic acids is 1. The molecule has 0 unspecified atom stereocenters. The van der Waals surface area contributed by atoms with Gasteiger partial charge in [0, 0.05) is 4.47 Å². The zero-order valence-electron chi connectivity index (χ0n) is 11.5. The molecule has 0 spiro atoms. The standard InChI is InChI=1S/C14H16BrN3O3/c1-2-3-4-11(13(19)20)17-14(21)18-12-7-10(15)6-5-9(12)8-16/h5-7,11H,2-4H2,1H3,(H,19,20)(H2,17,18,21)/t11-/m0/s1. The summed E-state index contributed by atoms with van der Waals surface area (Å²) in [7, 11) is 0. The molecule has 1 aromatic rings. The van der Waals surface area contributed by atoms with Crippen LogP contribution in [-0.4, -0.2) is 23.1 Å². The lowest BCUT2D eigenvalue weighted by molar-refractivity contribution is -0.139.